The SMILES string of the molecule is CC(C)c1cccc(C(C)C)c1-n1c(-c2cc(-c3ccccc3)ccc2O)nc2c(-c3cccc(-c4ccccn4)c3)cc(C(C)(C)C)cc21. The molecule has 1 N–H and O–H groups in total. The van der Waals surface area contributed by atoms with E-state index in [1.165, 1.54) is 16.7 Å². The predicted octanol–water partition coefficient (Wildman–Crippen LogP) is 12.3. The molecule has 5 aromatic carbocycles. The molecule has 0 radical (unpaired) electrons. The van der Waals surface area contributed by atoms with E-state index < -0.39 is 0 Å². The summed E-state index contributed by atoms with van der Waals surface area (Å²) in [6.45, 7) is 15.8. The molecule has 0 unspecified atom stereocenters. The molecule has 0 fully saturated rings. The Hall–Kier alpha value is -5.48. The van der Waals surface area contributed by atoms with Gasteiger partial charge in [0.25, 0.3) is 0 Å². The lowest BCUT2D eigenvalue weighted by Crippen LogP contribution is -2.12. The second kappa shape index (κ2) is 13.1. The molecule has 0 saturated heterocycles. The summed E-state index contributed by atoms with van der Waals surface area (Å²) >= 11 is 0. The first-order chi connectivity index (χ1) is 24.0. The van der Waals surface area contributed by atoms with Gasteiger partial charge in [-0.25, -0.2) is 4.98 Å². The molecule has 4 nitrogen and oxygen atoms in total. The molecule has 250 valence electrons. The van der Waals surface area contributed by atoms with Crippen LogP contribution < -0.4 is 0 Å². The van der Waals surface area contributed by atoms with E-state index in [4.69, 9.17) is 4.98 Å². The minimum Gasteiger partial charge on any atom is -0.507 e. The van der Waals surface area contributed by atoms with Gasteiger partial charge in [-0.3, -0.25) is 9.55 Å². The topological polar surface area (TPSA) is 50.9 Å². The van der Waals surface area contributed by atoms with Gasteiger partial charge in [0.15, 0.2) is 0 Å². The van der Waals surface area contributed by atoms with Gasteiger partial charge >= 0.3 is 0 Å². The van der Waals surface area contributed by atoms with E-state index >= 15 is 0 Å². The van der Waals surface area contributed by atoms with Gasteiger partial charge in [-0.15, -0.1) is 0 Å². The summed E-state index contributed by atoms with van der Waals surface area (Å²) in [7, 11) is 0. The van der Waals surface area contributed by atoms with Gasteiger partial charge in [-0.1, -0.05) is 127 Å². The number of benzene rings is 5. The van der Waals surface area contributed by atoms with E-state index in [-0.39, 0.29) is 23.0 Å². The number of phenols is 1. The van der Waals surface area contributed by atoms with Crippen LogP contribution in [0.2, 0.25) is 0 Å². The molecular weight excluding hydrogens is 611 g/mol. The number of phenolic OH excluding ortho intramolecular Hbond substituents is 1. The first-order valence-corrected chi connectivity index (χ1v) is 17.6. The molecule has 0 aliphatic rings. The molecule has 2 aromatic heterocycles. The van der Waals surface area contributed by atoms with Crippen LogP contribution in [0.15, 0.2) is 128 Å². The van der Waals surface area contributed by atoms with Crippen LogP contribution in [0.3, 0.4) is 0 Å². The van der Waals surface area contributed by atoms with Crippen LogP contribution >= 0.6 is 0 Å². The van der Waals surface area contributed by atoms with Crippen LogP contribution in [0, 0.1) is 0 Å². The lowest BCUT2D eigenvalue weighted by Gasteiger charge is -2.24. The quantitative estimate of drug-likeness (QED) is 0.186. The zero-order valence-corrected chi connectivity index (χ0v) is 30.1. The van der Waals surface area contributed by atoms with Gasteiger partial charge in [0, 0.05) is 17.3 Å². The summed E-state index contributed by atoms with van der Waals surface area (Å²) < 4.78 is 2.34. The smallest absolute Gasteiger partial charge is 0.149 e. The van der Waals surface area contributed by atoms with E-state index in [0.717, 1.165) is 56.1 Å². The van der Waals surface area contributed by atoms with Crippen molar-refractivity contribution >= 4 is 11.0 Å². The highest BCUT2D eigenvalue weighted by Crippen LogP contribution is 2.44. The number of hydrogen-bond acceptors (Lipinski definition) is 3. The number of pyridine rings is 1. The highest BCUT2D eigenvalue weighted by atomic mass is 16.3. The highest BCUT2D eigenvalue weighted by Gasteiger charge is 2.27. The normalized spacial score (nSPS) is 11.9. The maximum atomic E-state index is 11.7. The number of aromatic nitrogens is 3. The van der Waals surface area contributed by atoms with Gasteiger partial charge in [0.05, 0.1) is 28.0 Å². The molecule has 2 heterocycles. The maximum Gasteiger partial charge on any atom is 0.149 e. The summed E-state index contributed by atoms with van der Waals surface area (Å²) in [5.74, 6) is 1.44. The first kappa shape index (κ1) is 33.0. The molecule has 0 bridgehead atoms. The summed E-state index contributed by atoms with van der Waals surface area (Å²) in [5.41, 5.74) is 13.5. The molecule has 0 aliphatic heterocycles. The third-order valence-corrected chi connectivity index (χ3v) is 9.67. The van der Waals surface area contributed by atoms with E-state index in [2.05, 4.69) is 131 Å². The first-order valence-electron chi connectivity index (χ1n) is 17.6. The Kier molecular flexibility index (Phi) is 8.65. The van der Waals surface area contributed by atoms with Gasteiger partial charge in [0.2, 0.25) is 0 Å². The molecule has 0 saturated carbocycles. The van der Waals surface area contributed by atoms with Crippen LogP contribution in [0.4, 0.5) is 0 Å². The average molecular weight is 656 g/mol. The number of para-hydroxylation sites is 1. The van der Waals surface area contributed by atoms with Crippen LogP contribution in [-0.2, 0) is 5.41 Å². The number of fused-ring (bicyclic) bond motifs is 1. The molecule has 50 heavy (non-hydrogen) atoms. The van der Waals surface area contributed by atoms with Crippen molar-refractivity contribution in [1.29, 1.82) is 0 Å². The van der Waals surface area contributed by atoms with Crippen molar-refractivity contribution < 1.29 is 5.11 Å². The number of imidazole rings is 1. The number of nitrogens with zero attached hydrogens (tertiary/aromatic N) is 3. The largest absolute Gasteiger partial charge is 0.507 e. The number of rotatable bonds is 7. The molecule has 7 aromatic rings. The molecular formula is C46H45N3O. The zero-order chi connectivity index (χ0) is 35.2. The van der Waals surface area contributed by atoms with Crippen molar-refractivity contribution in [3.63, 3.8) is 0 Å². The second-order valence-corrected chi connectivity index (χ2v) is 14.9. The summed E-state index contributed by atoms with van der Waals surface area (Å²) in [6, 6.07) is 42.1. The maximum absolute atomic E-state index is 11.7. The van der Waals surface area contributed by atoms with Crippen molar-refractivity contribution in [1.82, 2.24) is 14.5 Å². The van der Waals surface area contributed by atoms with Crippen molar-refractivity contribution in [2.24, 2.45) is 0 Å². The van der Waals surface area contributed by atoms with Crippen molar-refractivity contribution in [3.8, 4) is 56.3 Å². The highest BCUT2D eigenvalue weighted by molar-refractivity contribution is 5.98. The van der Waals surface area contributed by atoms with Crippen LogP contribution in [-0.4, -0.2) is 19.6 Å². The standard InChI is InChI=1S/C46H45N3O/c1-29(2)36-19-14-20-37(30(3)4)44(36)49-41-28-35(46(5,6)7)27-38(33-17-13-18-34(25-33)40-21-11-12-24-47-40)43(41)48-45(49)39-26-32(22-23-42(39)50)31-15-9-8-10-16-31/h8-30,50H,1-7H3. The number of hydrogen-bond donors (Lipinski definition) is 1. The summed E-state index contributed by atoms with van der Waals surface area (Å²) in [4.78, 5) is 10.2. The summed E-state index contributed by atoms with van der Waals surface area (Å²) in [5, 5.41) is 11.7. The number of aromatic hydroxyl groups is 1. The molecule has 0 amide bonds. The third-order valence-electron chi connectivity index (χ3n) is 9.67. The van der Waals surface area contributed by atoms with E-state index in [1.54, 1.807) is 6.07 Å². The Morgan fingerprint density at radius 3 is 1.92 bits per heavy atom. The fourth-order valence-corrected chi connectivity index (χ4v) is 6.91. The van der Waals surface area contributed by atoms with Gasteiger partial charge in [-0.05, 0) is 93.1 Å². The van der Waals surface area contributed by atoms with E-state index in [1.807, 2.05) is 48.7 Å². The van der Waals surface area contributed by atoms with Crippen molar-refractivity contribution in [2.45, 2.75) is 65.7 Å². The Labute approximate surface area is 296 Å². The van der Waals surface area contributed by atoms with Gasteiger partial charge in [-0.2, -0.15) is 0 Å². The second-order valence-electron chi connectivity index (χ2n) is 14.9. The lowest BCUT2D eigenvalue weighted by molar-refractivity contribution is 0.477. The fourth-order valence-electron chi connectivity index (χ4n) is 6.91. The minimum absolute atomic E-state index is 0.134. The molecule has 0 aliphatic carbocycles. The zero-order valence-electron chi connectivity index (χ0n) is 30.1. The van der Waals surface area contributed by atoms with Crippen molar-refractivity contribution in [3.05, 3.63) is 144 Å². The Bertz CT molecular complexity index is 2280. The fraction of sp³-hybridized carbons (Fsp3) is 0.217. The third kappa shape index (κ3) is 6.11. The van der Waals surface area contributed by atoms with E-state index in [9.17, 15) is 5.11 Å². The Morgan fingerprint density at radius 2 is 1.26 bits per heavy atom. The predicted molar refractivity (Wildman–Crippen MR) is 209 cm³/mol. The van der Waals surface area contributed by atoms with Crippen LogP contribution in [0.1, 0.15) is 77.0 Å². The van der Waals surface area contributed by atoms with Gasteiger partial charge in [0.1, 0.15) is 11.6 Å². The van der Waals surface area contributed by atoms with Crippen molar-refractivity contribution in [2.75, 3.05) is 0 Å². The monoisotopic (exact) mass is 655 g/mol. The van der Waals surface area contributed by atoms with E-state index in [0.29, 0.717) is 5.56 Å². The van der Waals surface area contributed by atoms with Crippen LogP contribution in [0.25, 0.3) is 61.6 Å². The minimum atomic E-state index is -0.134. The summed E-state index contributed by atoms with van der Waals surface area (Å²) in [6.07, 6.45) is 1.84. The molecule has 0 atom stereocenters. The molecule has 0 spiro atoms. The van der Waals surface area contributed by atoms with Gasteiger partial charge < -0.3 is 5.11 Å². The average Bonchev–Trinajstić information content (AvgIpc) is 3.50. The lowest BCUT2D eigenvalue weighted by atomic mass is 9.84. The Balaban J connectivity index is 1.63. The molecule has 4 heteroatoms. The molecule has 7 rings (SSSR count). The van der Waals surface area contributed by atoms with Crippen LogP contribution in [0.5, 0.6) is 5.75 Å². The Morgan fingerprint density at radius 1 is 0.600 bits per heavy atom.